The minimum absolute atomic E-state index is 0.173. The van der Waals surface area contributed by atoms with Gasteiger partial charge in [-0.3, -0.25) is 4.79 Å². The van der Waals surface area contributed by atoms with Crippen molar-refractivity contribution in [1.29, 1.82) is 5.26 Å². The molecule has 0 amide bonds. The number of carbonyl (C=O) groups is 1. The monoisotopic (exact) mass is 371 g/mol. The Kier molecular flexibility index (Phi) is 6.26. The lowest BCUT2D eigenvalue weighted by atomic mass is 9.66. The van der Waals surface area contributed by atoms with Gasteiger partial charge in [-0.15, -0.1) is 0 Å². The van der Waals surface area contributed by atoms with Crippen molar-refractivity contribution in [2.24, 2.45) is 5.92 Å². The largest absolute Gasteiger partial charge is 0.493 e. The van der Waals surface area contributed by atoms with Crippen LogP contribution >= 0.6 is 0 Å². The van der Waals surface area contributed by atoms with Gasteiger partial charge in [-0.2, -0.15) is 5.26 Å². The molecule has 2 atom stereocenters. The molecule has 0 aromatic heterocycles. The summed E-state index contributed by atoms with van der Waals surface area (Å²) in [7, 11) is 3.06. The van der Waals surface area contributed by atoms with Crippen molar-refractivity contribution in [3.8, 4) is 17.6 Å². The van der Waals surface area contributed by atoms with Gasteiger partial charge in [0.25, 0.3) is 0 Å². The molecule has 0 saturated heterocycles. The summed E-state index contributed by atoms with van der Waals surface area (Å²) in [4.78, 5) is 11.7. The van der Waals surface area contributed by atoms with E-state index >= 15 is 0 Å². The van der Waals surface area contributed by atoms with Crippen molar-refractivity contribution >= 4 is 5.97 Å². The molecular weight excluding hydrogens is 342 g/mol. The summed E-state index contributed by atoms with van der Waals surface area (Å²) in [6.07, 6.45) is 8.50. The molecule has 2 aliphatic rings. The second-order valence-electron chi connectivity index (χ2n) is 7.83. The first-order valence-electron chi connectivity index (χ1n) is 9.93. The van der Waals surface area contributed by atoms with Gasteiger partial charge in [-0.05, 0) is 68.6 Å². The van der Waals surface area contributed by atoms with Crippen LogP contribution in [0.5, 0.6) is 11.5 Å². The summed E-state index contributed by atoms with van der Waals surface area (Å²) in [5.41, 5.74) is 0.380. The highest BCUT2D eigenvalue weighted by molar-refractivity contribution is 5.69. The van der Waals surface area contributed by atoms with E-state index in [1.807, 2.05) is 18.2 Å². The number of nitriles is 1. The van der Waals surface area contributed by atoms with Crippen molar-refractivity contribution in [3.63, 3.8) is 0 Å². The lowest BCUT2D eigenvalue weighted by Crippen LogP contribution is -2.32. The van der Waals surface area contributed by atoms with Gasteiger partial charge in [0.05, 0.1) is 31.8 Å². The Morgan fingerprint density at radius 1 is 1.19 bits per heavy atom. The van der Waals surface area contributed by atoms with Crippen LogP contribution in [0.3, 0.4) is 0 Å². The second-order valence-corrected chi connectivity index (χ2v) is 7.83. The SMILES string of the molecule is COC(=O)C[C@@H]1CCCC(C#N)(c2ccc(OC)c(OC3CCCC3)c2)C1. The van der Waals surface area contributed by atoms with Crippen molar-refractivity contribution in [3.05, 3.63) is 23.8 Å². The van der Waals surface area contributed by atoms with Crippen LogP contribution in [0, 0.1) is 17.2 Å². The van der Waals surface area contributed by atoms with E-state index < -0.39 is 5.41 Å². The summed E-state index contributed by atoms with van der Waals surface area (Å²) in [5.74, 6) is 1.41. The topological polar surface area (TPSA) is 68.6 Å². The predicted octanol–water partition coefficient (Wildman–Crippen LogP) is 4.53. The number of hydrogen-bond acceptors (Lipinski definition) is 5. The summed E-state index contributed by atoms with van der Waals surface area (Å²) in [6.45, 7) is 0. The molecule has 1 unspecified atom stereocenters. The first-order chi connectivity index (χ1) is 13.1. The minimum atomic E-state index is -0.586. The van der Waals surface area contributed by atoms with Crippen LogP contribution in [0.4, 0.5) is 0 Å². The van der Waals surface area contributed by atoms with E-state index in [-0.39, 0.29) is 18.0 Å². The van der Waals surface area contributed by atoms with E-state index in [1.165, 1.54) is 20.0 Å². The lowest BCUT2D eigenvalue weighted by Gasteiger charge is -2.36. The summed E-state index contributed by atoms with van der Waals surface area (Å²) >= 11 is 0. The normalized spacial score (nSPS) is 25.6. The molecule has 1 aromatic carbocycles. The fraction of sp³-hybridized carbons (Fsp3) is 0.636. The van der Waals surface area contributed by atoms with Crippen LogP contribution < -0.4 is 9.47 Å². The van der Waals surface area contributed by atoms with Gasteiger partial charge in [0.15, 0.2) is 11.5 Å². The quantitative estimate of drug-likeness (QED) is 0.687. The number of nitrogens with zero attached hydrogens (tertiary/aromatic N) is 1. The minimum Gasteiger partial charge on any atom is -0.493 e. The van der Waals surface area contributed by atoms with E-state index in [4.69, 9.17) is 14.2 Å². The molecule has 0 bridgehead atoms. The summed E-state index contributed by atoms with van der Waals surface area (Å²) in [5, 5.41) is 10.1. The maximum absolute atomic E-state index is 11.7. The number of hydrogen-bond donors (Lipinski definition) is 0. The zero-order valence-electron chi connectivity index (χ0n) is 16.3. The molecule has 27 heavy (non-hydrogen) atoms. The number of carbonyl (C=O) groups excluding carboxylic acids is 1. The standard InChI is InChI=1S/C22H29NO4/c1-25-19-10-9-17(13-20(19)27-18-7-3-4-8-18)22(15-23)11-5-6-16(14-22)12-21(24)26-2/h9-10,13,16,18H,3-8,11-12,14H2,1-2H3/t16-,22?/m0/s1. The van der Waals surface area contributed by atoms with Crippen LogP contribution in [0.15, 0.2) is 18.2 Å². The van der Waals surface area contributed by atoms with E-state index in [1.54, 1.807) is 7.11 Å². The Morgan fingerprint density at radius 2 is 1.96 bits per heavy atom. The fourth-order valence-corrected chi connectivity index (χ4v) is 4.56. The Labute approximate surface area is 161 Å². The van der Waals surface area contributed by atoms with Crippen LogP contribution in [0.25, 0.3) is 0 Å². The molecule has 146 valence electrons. The molecule has 2 aliphatic carbocycles. The van der Waals surface area contributed by atoms with Crippen molar-refractivity contribution in [2.75, 3.05) is 14.2 Å². The van der Waals surface area contributed by atoms with E-state index in [9.17, 15) is 10.1 Å². The van der Waals surface area contributed by atoms with E-state index in [0.29, 0.717) is 18.6 Å². The van der Waals surface area contributed by atoms with Crippen LogP contribution in [-0.2, 0) is 14.9 Å². The van der Waals surface area contributed by atoms with Gasteiger partial charge in [-0.25, -0.2) is 0 Å². The molecule has 0 spiro atoms. The van der Waals surface area contributed by atoms with E-state index in [2.05, 4.69) is 6.07 Å². The van der Waals surface area contributed by atoms with Gasteiger partial charge in [0.1, 0.15) is 0 Å². The van der Waals surface area contributed by atoms with Crippen LogP contribution in [0.1, 0.15) is 63.4 Å². The lowest BCUT2D eigenvalue weighted by molar-refractivity contribution is -0.142. The third-order valence-electron chi connectivity index (χ3n) is 6.06. The van der Waals surface area contributed by atoms with Crippen LogP contribution in [-0.4, -0.2) is 26.3 Å². The van der Waals surface area contributed by atoms with Crippen molar-refractivity contribution in [2.45, 2.75) is 69.3 Å². The van der Waals surface area contributed by atoms with Crippen molar-refractivity contribution in [1.82, 2.24) is 0 Å². The summed E-state index contributed by atoms with van der Waals surface area (Å²) < 4.78 is 16.5. The smallest absolute Gasteiger partial charge is 0.305 e. The number of esters is 1. The molecule has 0 N–H and O–H groups in total. The molecule has 0 heterocycles. The summed E-state index contributed by atoms with van der Waals surface area (Å²) in [6, 6.07) is 8.43. The molecule has 3 rings (SSSR count). The third-order valence-corrected chi connectivity index (χ3v) is 6.06. The molecule has 0 aliphatic heterocycles. The average molecular weight is 371 g/mol. The Balaban J connectivity index is 1.85. The molecule has 0 radical (unpaired) electrons. The molecule has 2 fully saturated rings. The number of methoxy groups -OCH3 is 2. The van der Waals surface area contributed by atoms with Crippen molar-refractivity contribution < 1.29 is 19.0 Å². The maximum Gasteiger partial charge on any atom is 0.305 e. The Hall–Kier alpha value is -2.22. The molecular formula is C22H29NO4. The maximum atomic E-state index is 11.7. The molecule has 5 heteroatoms. The highest BCUT2D eigenvalue weighted by Crippen LogP contribution is 2.45. The third kappa shape index (κ3) is 4.37. The van der Waals surface area contributed by atoms with Gasteiger partial charge >= 0.3 is 5.97 Å². The second kappa shape index (κ2) is 8.65. The molecule has 1 aromatic rings. The van der Waals surface area contributed by atoms with Gasteiger partial charge < -0.3 is 14.2 Å². The average Bonchev–Trinajstić information content (AvgIpc) is 3.21. The Morgan fingerprint density at radius 3 is 2.63 bits per heavy atom. The highest BCUT2D eigenvalue weighted by Gasteiger charge is 2.39. The van der Waals surface area contributed by atoms with Gasteiger partial charge in [-0.1, -0.05) is 12.5 Å². The zero-order valence-corrected chi connectivity index (χ0v) is 16.3. The molecule has 5 nitrogen and oxygen atoms in total. The highest BCUT2D eigenvalue weighted by atomic mass is 16.5. The first-order valence-corrected chi connectivity index (χ1v) is 9.93. The van der Waals surface area contributed by atoms with E-state index in [0.717, 1.165) is 43.4 Å². The number of benzene rings is 1. The predicted molar refractivity (Wildman–Crippen MR) is 102 cm³/mol. The molecule has 2 saturated carbocycles. The number of rotatable bonds is 6. The first kappa shape index (κ1) is 19.5. The fourth-order valence-electron chi connectivity index (χ4n) is 4.56. The number of ether oxygens (including phenoxy) is 3. The van der Waals surface area contributed by atoms with Crippen LogP contribution in [0.2, 0.25) is 0 Å². The Bertz CT molecular complexity index is 705. The zero-order chi connectivity index (χ0) is 19.3. The van der Waals surface area contributed by atoms with Gasteiger partial charge in [0.2, 0.25) is 0 Å². The van der Waals surface area contributed by atoms with Gasteiger partial charge in [0, 0.05) is 6.42 Å².